The number of nitrogens with zero attached hydrogens (tertiary/aromatic N) is 8. The topological polar surface area (TPSA) is 273 Å². The maximum atomic E-state index is 11.6. The fraction of sp³-hybridized carbons (Fsp3) is 0.476. The van der Waals surface area contributed by atoms with Crippen LogP contribution in [-0.2, 0) is 60.6 Å². The summed E-state index contributed by atoms with van der Waals surface area (Å²) in [5.41, 5.74) is 8.69. The van der Waals surface area contributed by atoms with E-state index in [4.69, 9.17) is 80.6 Å². The van der Waals surface area contributed by atoms with Gasteiger partial charge in [-0.25, -0.2) is 30.9 Å². The standard InChI is InChI=1S/C21H24Cl2N6O5S.C20H22Cl2N6O3.CH3ClO2S/c1-21(2)33-15-14(10-26-35(3,30)31)32-19(16(15)34-21)29-18-12(9-25-29)17(27-20(23)28-18)24-8-11-6-4-5-7-13(11)22;1-20(2)30-14-13(7-23)29-18(15(14)31-20)28-17-11(9-25-28)16(26-19(22)27-17)24-8-10-5-3-4-6-12(10)21;1-5(2,3)4/h4-7,9,14-16,19,26H,8,10H2,1-3H3,(H,24,27,28);3-6,9,13-15,18H,7-8,23H2,1-2H3,(H,24,26,27);1H3/t14-,15-,16-,19-;13-,14-,15-,18-;/m11./s1. The maximum absolute atomic E-state index is 11.6. The van der Waals surface area contributed by atoms with Gasteiger partial charge < -0.3 is 44.8 Å². The minimum absolute atomic E-state index is 0.0228. The van der Waals surface area contributed by atoms with Gasteiger partial charge in [0.1, 0.15) is 48.3 Å². The van der Waals surface area contributed by atoms with Crippen LogP contribution in [-0.4, -0.2) is 130 Å². The molecule has 0 saturated carbocycles. The molecule has 384 valence electrons. The van der Waals surface area contributed by atoms with Gasteiger partial charge in [0.05, 0.1) is 35.7 Å². The van der Waals surface area contributed by atoms with Crippen LogP contribution in [0.5, 0.6) is 0 Å². The van der Waals surface area contributed by atoms with Gasteiger partial charge in [-0.2, -0.15) is 30.1 Å². The van der Waals surface area contributed by atoms with Crippen molar-refractivity contribution in [1.82, 2.24) is 44.2 Å². The Kier molecular flexibility index (Phi) is 16.0. The number of benzene rings is 2. The van der Waals surface area contributed by atoms with E-state index in [1.54, 1.807) is 35.6 Å². The molecule has 0 radical (unpaired) electrons. The van der Waals surface area contributed by atoms with Gasteiger partial charge in [0.25, 0.3) is 0 Å². The number of rotatable bonds is 12. The highest BCUT2D eigenvalue weighted by atomic mass is 35.7. The predicted octanol–water partition coefficient (Wildman–Crippen LogP) is 6.02. The van der Waals surface area contributed by atoms with E-state index in [2.05, 4.69) is 56.2 Å². The molecule has 0 aliphatic carbocycles. The van der Waals surface area contributed by atoms with E-state index in [1.165, 1.54) is 0 Å². The Morgan fingerprint density at radius 3 is 1.44 bits per heavy atom. The summed E-state index contributed by atoms with van der Waals surface area (Å²) < 4.78 is 84.3. The molecule has 0 spiro atoms. The van der Waals surface area contributed by atoms with Crippen LogP contribution in [0.25, 0.3) is 22.1 Å². The second kappa shape index (κ2) is 21.2. The molecule has 10 rings (SSSR count). The zero-order valence-corrected chi connectivity index (χ0v) is 44.1. The summed E-state index contributed by atoms with van der Waals surface area (Å²) in [4.78, 5) is 17.4. The highest BCUT2D eigenvalue weighted by Crippen LogP contribution is 2.45. The van der Waals surface area contributed by atoms with E-state index in [0.29, 0.717) is 63.4 Å². The zero-order valence-electron chi connectivity index (χ0n) is 38.7. The van der Waals surface area contributed by atoms with Gasteiger partial charge in [0, 0.05) is 46.9 Å². The number of nitrogens with two attached hydrogens (primary N) is 1. The third-order valence-corrected chi connectivity index (χ3v) is 12.9. The van der Waals surface area contributed by atoms with Crippen molar-refractivity contribution in [3.05, 3.63) is 92.7 Å². The highest BCUT2D eigenvalue weighted by molar-refractivity contribution is 8.13. The molecule has 4 aliphatic rings. The normalized spacial score (nSPS) is 25.3. The molecular formula is C42H49Cl5N12O10S2. The van der Waals surface area contributed by atoms with Crippen molar-refractivity contribution in [1.29, 1.82) is 0 Å². The molecule has 71 heavy (non-hydrogen) atoms. The zero-order chi connectivity index (χ0) is 51.2. The molecule has 6 aromatic rings. The first kappa shape index (κ1) is 53.5. The van der Waals surface area contributed by atoms with E-state index >= 15 is 0 Å². The SMILES string of the molecule is CC1(C)O[C@@H]2[C@H](O1)[C@@H](CN)O[C@H]2n1ncc2c(NCc3ccccc3Cl)nc(Cl)nc21.CC1(C)O[C@@H]2[C@H](O1)[C@@H](CNS(C)(=O)=O)O[C@H]2n1ncc2c(NCc3ccccc3Cl)nc(Cl)nc21.CS(=O)(=O)Cl. The van der Waals surface area contributed by atoms with Crippen molar-refractivity contribution in [3.8, 4) is 0 Å². The molecule has 8 atom stereocenters. The lowest BCUT2D eigenvalue weighted by Crippen LogP contribution is -2.39. The molecular weight excluding hydrogens is 1070 g/mol. The first-order chi connectivity index (χ1) is 33.4. The van der Waals surface area contributed by atoms with Crippen LogP contribution >= 0.6 is 57.1 Å². The van der Waals surface area contributed by atoms with E-state index in [1.807, 2.05) is 62.4 Å². The van der Waals surface area contributed by atoms with Gasteiger partial charge in [-0.1, -0.05) is 59.6 Å². The smallest absolute Gasteiger partial charge is 0.229 e. The Morgan fingerprint density at radius 1 is 0.634 bits per heavy atom. The molecule has 4 fully saturated rings. The molecule has 5 N–H and O–H groups in total. The molecule has 0 amide bonds. The van der Waals surface area contributed by atoms with Gasteiger partial charge in [0.2, 0.25) is 29.6 Å². The second-order valence-electron chi connectivity index (χ2n) is 17.5. The van der Waals surface area contributed by atoms with Gasteiger partial charge >= 0.3 is 0 Å². The largest absolute Gasteiger partial charge is 0.365 e. The summed E-state index contributed by atoms with van der Waals surface area (Å²) in [6, 6.07) is 15.1. The summed E-state index contributed by atoms with van der Waals surface area (Å²) in [5, 5.41) is 18.3. The number of fused-ring (bicyclic) bond motifs is 4. The maximum Gasteiger partial charge on any atom is 0.229 e. The Balaban J connectivity index is 0.000000175. The first-order valence-electron chi connectivity index (χ1n) is 21.7. The van der Waals surface area contributed by atoms with E-state index in [9.17, 15) is 16.8 Å². The highest BCUT2D eigenvalue weighted by Gasteiger charge is 2.57. The van der Waals surface area contributed by atoms with Crippen molar-refractivity contribution in [2.24, 2.45) is 5.73 Å². The second-order valence-corrected chi connectivity index (χ2v) is 23.9. The quantitative estimate of drug-likeness (QED) is 0.0806. The van der Waals surface area contributed by atoms with Crippen LogP contribution in [0.3, 0.4) is 0 Å². The number of hydrogen-bond acceptors (Lipinski definition) is 19. The number of hydrogen-bond donors (Lipinski definition) is 4. The van der Waals surface area contributed by atoms with Gasteiger partial charge in [-0.3, -0.25) is 0 Å². The predicted molar refractivity (Wildman–Crippen MR) is 266 cm³/mol. The van der Waals surface area contributed by atoms with Crippen molar-refractivity contribution >= 4 is 110 Å². The third-order valence-electron chi connectivity index (χ3n) is 11.2. The van der Waals surface area contributed by atoms with Crippen molar-refractivity contribution < 1.29 is 45.3 Å². The Bertz CT molecular complexity index is 3130. The van der Waals surface area contributed by atoms with Gasteiger partial charge in [-0.05, 0) is 74.2 Å². The molecule has 0 unspecified atom stereocenters. The van der Waals surface area contributed by atoms with Crippen LogP contribution < -0.4 is 21.1 Å². The molecule has 4 saturated heterocycles. The molecule has 4 aromatic heterocycles. The van der Waals surface area contributed by atoms with E-state index < -0.39 is 61.4 Å². The third kappa shape index (κ3) is 12.8. The minimum Gasteiger partial charge on any atom is -0.365 e. The van der Waals surface area contributed by atoms with Crippen molar-refractivity contribution in [2.45, 2.75) is 101 Å². The average molecular weight is 1120 g/mol. The number of halogens is 5. The summed E-state index contributed by atoms with van der Waals surface area (Å²) in [7, 11) is -2.12. The average Bonchev–Trinajstić information content (AvgIpc) is 4.13. The first-order valence-corrected chi connectivity index (χ1v) is 27.8. The number of aromatic nitrogens is 8. The Hall–Kier alpha value is -3.83. The molecule has 4 aliphatic heterocycles. The summed E-state index contributed by atoms with van der Waals surface area (Å²) in [6.45, 7) is 8.54. The summed E-state index contributed by atoms with van der Waals surface area (Å²) >= 11 is 25.0. The van der Waals surface area contributed by atoms with Crippen molar-refractivity contribution in [3.63, 3.8) is 0 Å². The fourth-order valence-electron chi connectivity index (χ4n) is 8.38. The van der Waals surface area contributed by atoms with Crippen LogP contribution in [0, 0.1) is 0 Å². The number of anilines is 2. The lowest BCUT2D eigenvalue weighted by Gasteiger charge is -2.24. The van der Waals surface area contributed by atoms with Crippen LogP contribution in [0.2, 0.25) is 20.6 Å². The van der Waals surface area contributed by atoms with Gasteiger partial charge in [0.15, 0.2) is 35.3 Å². The number of ether oxygens (including phenoxy) is 6. The molecule has 22 nitrogen and oxygen atoms in total. The summed E-state index contributed by atoms with van der Waals surface area (Å²) in [6.07, 6.45) is 1.37. The summed E-state index contributed by atoms with van der Waals surface area (Å²) in [5.74, 6) is -0.574. The molecule has 2 aromatic carbocycles. The van der Waals surface area contributed by atoms with Crippen LogP contribution in [0.15, 0.2) is 60.9 Å². The van der Waals surface area contributed by atoms with E-state index in [0.717, 1.165) is 23.6 Å². The minimum atomic E-state index is -3.42. The van der Waals surface area contributed by atoms with Crippen LogP contribution in [0.1, 0.15) is 51.3 Å². The Morgan fingerprint density at radius 2 is 1.03 bits per heavy atom. The fourth-order valence-corrected chi connectivity index (χ4v) is 9.58. The van der Waals surface area contributed by atoms with Crippen molar-refractivity contribution in [2.75, 3.05) is 36.2 Å². The Labute approximate surface area is 432 Å². The monoisotopic (exact) mass is 1120 g/mol. The molecule has 29 heteroatoms. The lowest BCUT2D eigenvalue weighted by molar-refractivity contribution is -0.196. The number of nitrogens with one attached hydrogen (secondary N) is 3. The van der Waals surface area contributed by atoms with Gasteiger partial charge in [-0.15, -0.1) is 0 Å². The van der Waals surface area contributed by atoms with E-state index in [-0.39, 0.29) is 35.4 Å². The number of sulfonamides is 1. The molecule has 8 heterocycles. The lowest BCUT2D eigenvalue weighted by atomic mass is 10.1. The van der Waals surface area contributed by atoms with Crippen LogP contribution in [0.4, 0.5) is 11.6 Å². The molecule has 0 bridgehead atoms.